The third-order valence-corrected chi connectivity index (χ3v) is 5.26. The standard InChI is InChI=1S/C22H22ClFN2O6/c1-31-22(30)18(12-27)25-21(29)13-4-5-14(11-26-8-2-3-20(26)28)19(9-13)32-15-6-7-16(23)17(24)10-15/h4-7,9-10,18,27H,2-3,8,11-12H2,1H3,(H,25,29). The average molecular weight is 465 g/mol. The zero-order chi connectivity index (χ0) is 23.3. The number of aliphatic hydroxyl groups excluding tert-OH is 1. The minimum atomic E-state index is -1.23. The van der Waals surface area contributed by atoms with E-state index in [0.717, 1.165) is 19.6 Å². The van der Waals surface area contributed by atoms with E-state index >= 15 is 0 Å². The number of rotatable bonds is 8. The van der Waals surface area contributed by atoms with E-state index in [0.29, 0.717) is 18.5 Å². The normalized spacial score (nSPS) is 14.2. The fraction of sp³-hybridized carbons (Fsp3) is 0.318. The number of hydrogen-bond donors (Lipinski definition) is 2. The first-order chi connectivity index (χ1) is 15.3. The van der Waals surface area contributed by atoms with Crippen LogP contribution in [0.25, 0.3) is 0 Å². The molecule has 10 heteroatoms. The quantitative estimate of drug-likeness (QED) is 0.582. The van der Waals surface area contributed by atoms with Gasteiger partial charge in [-0.15, -0.1) is 0 Å². The van der Waals surface area contributed by atoms with E-state index in [-0.39, 0.29) is 34.5 Å². The molecule has 1 atom stereocenters. The third-order valence-electron chi connectivity index (χ3n) is 4.95. The van der Waals surface area contributed by atoms with Gasteiger partial charge in [-0.25, -0.2) is 9.18 Å². The SMILES string of the molecule is COC(=O)C(CO)NC(=O)c1ccc(CN2CCCC2=O)c(Oc2ccc(Cl)c(F)c2)c1. The lowest BCUT2D eigenvalue weighted by Gasteiger charge is -2.19. The summed E-state index contributed by atoms with van der Waals surface area (Å²) in [6.45, 7) is 0.224. The van der Waals surface area contributed by atoms with Crippen molar-refractivity contribution in [2.24, 2.45) is 0 Å². The maximum absolute atomic E-state index is 13.9. The first-order valence-electron chi connectivity index (χ1n) is 9.85. The van der Waals surface area contributed by atoms with Crippen LogP contribution in [0.4, 0.5) is 4.39 Å². The van der Waals surface area contributed by atoms with Gasteiger partial charge in [0.1, 0.15) is 17.3 Å². The van der Waals surface area contributed by atoms with E-state index in [2.05, 4.69) is 10.1 Å². The number of likely N-dealkylation sites (tertiary alicyclic amines) is 1. The number of ether oxygens (including phenoxy) is 2. The first-order valence-corrected chi connectivity index (χ1v) is 10.2. The summed E-state index contributed by atoms with van der Waals surface area (Å²) in [7, 11) is 1.14. The molecule has 1 heterocycles. The predicted molar refractivity (Wildman–Crippen MR) is 113 cm³/mol. The molecular weight excluding hydrogens is 443 g/mol. The number of carbonyl (C=O) groups is 3. The molecule has 2 aromatic carbocycles. The monoisotopic (exact) mass is 464 g/mol. The number of hydrogen-bond acceptors (Lipinski definition) is 6. The lowest BCUT2D eigenvalue weighted by Crippen LogP contribution is -2.44. The number of nitrogens with zero attached hydrogens (tertiary/aromatic N) is 1. The Morgan fingerprint density at radius 2 is 2.06 bits per heavy atom. The zero-order valence-electron chi connectivity index (χ0n) is 17.3. The topological polar surface area (TPSA) is 105 Å². The van der Waals surface area contributed by atoms with Crippen molar-refractivity contribution < 1.29 is 33.4 Å². The first kappa shape index (κ1) is 23.5. The van der Waals surface area contributed by atoms with E-state index < -0.39 is 30.3 Å². The van der Waals surface area contributed by atoms with Gasteiger partial charge in [0.25, 0.3) is 5.91 Å². The highest BCUT2D eigenvalue weighted by Gasteiger charge is 2.24. The number of halogens is 2. The Balaban J connectivity index is 1.90. The molecule has 8 nitrogen and oxygen atoms in total. The van der Waals surface area contributed by atoms with Crippen LogP contribution in [0.3, 0.4) is 0 Å². The maximum atomic E-state index is 13.9. The largest absolute Gasteiger partial charge is 0.467 e. The fourth-order valence-corrected chi connectivity index (χ4v) is 3.35. The molecule has 0 bridgehead atoms. The van der Waals surface area contributed by atoms with Crippen molar-refractivity contribution in [3.05, 3.63) is 58.4 Å². The summed E-state index contributed by atoms with van der Waals surface area (Å²) >= 11 is 5.72. The maximum Gasteiger partial charge on any atom is 0.330 e. The summed E-state index contributed by atoms with van der Waals surface area (Å²) < 4.78 is 24.2. The summed E-state index contributed by atoms with van der Waals surface area (Å²) in [5.41, 5.74) is 0.743. The zero-order valence-corrected chi connectivity index (χ0v) is 18.0. The van der Waals surface area contributed by atoms with Crippen LogP contribution >= 0.6 is 11.6 Å². The second kappa shape index (κ2) is 10.4. The van der Waals surface area contributed by atoms with Gasteiger partial charge >= 0.3 is 5.97 Å². The van der Waals surface area contributed by atoms with Gasteiger partial charge < -0.3 is 24.8 Å². The summed E-state index contributed by atoms with van der Waals surface area (Å²) in [6, 6.07) is 7.24. The molecule has 0 aliphatic carbocycles. The van der Waals surface area contributed by atoms with Gasteiger partial charge in [0.15, 0.2) is 6.04 Å². The Kier molecular flexibility index (Phi) is 7.66. The molecule has 1 unspecified atom stereocenters. The molecule has 1 aliphatic rings. The molecule has 1 fully saturated rings. The molecule has 1 aliphatic heterocycles. The highest BCUT2D eigenvalue weighted by Crippen LogP contribution is 2.30. The molecule has 3 rings (SSSR count). The van der Waals surface area contributed by atoms with Gasteiger partial charge in [0, 0.05) is 36.7 Å². The molecule has 170 valence electrons. The molecule has 2 amide bonds. The van der Waals surface area contributed by atoms with Gasteiger partial charge in [0.05, 0.1) is 18.7 Å². The lowest BCUT2D eigenvalue weighted by molar-refractivity contribution is -0.143. The molecule has 0 spiro atoms. The van der Waals surface area contributed by atoms with Crippen LogP contribution in [-0.2, 0) is 20.9 Å². The smallest absolute Gasteiger partial charge is 0.330 e. The van der Waals surface area contributed by atoms with Crippen LogP contribution in [0.2, 0.25) is 5.02 Å². The van der Waals surface area contributed by atoms with Crippen molar-refractivity contribution >= 4 is 29.4 Å². The highest BCUT2D eigenvalue weighted by molar-refractivity contribution is 6.30. The molecule has 0 aromatic heterocycles. The van der Waals surface area contributed by atoms with Crippen LogP contribution < -0.4 is 10.1 Å². The predicted octanol–water partition coefficient (Wildman–Crippen LogP) is 2.66. The summed E-state index contributed by atoms with van der Waals surface area (Å²) in [5, 5.41) is 11.6. The number of methoxy groups -OCH3 is 1. The Bertz CT molecular complexity index is 1030. The average Bonchev–Trinajstić information content (AvgIpc) is 3.19. The molecule has 1 saturated heterocycles. The van der Waals surface area contributed by atoms with E-state index in [4.69, 9.17) is 16.3 Å². The number of aliphatic hydroxyl groups is 1. The van der Waals surface area contributed by atoms with E-state index in [1.165, 1.54) is 24.3 Å². The Morgan fingerprint density at radius 1 is 1.28 bits per heavy atom. The summed E-state index contributed by atoms with van der Waals surface area (Å²) in [6.07, 6.45) is 1.23. The summed E-state index contributed by atoms with van der Waals surface area (Å²) in [4.78, 5) is 38.0. The van der Waals surface area contributed by atoms with Gasteiger partial charge in [-0.2, -0.15) is 0 Å². The van der Waals surface area contributed by atoms with Crippen molar-refractivity contribution in [3.63, 3.8) is 0 Å². The van der Waals surface area contributed by atoms with Crippen LogP contribution in [0.1, 0.15) is 28.8 Å². The highest BCUT2D eigenvalue weighted by atomic mass is 35.5. The van der Waals surface area contributed by atoms with Crippen molar-refractivity contribution in [1.82, 2.24) is 10.2 Å². The van der Waals surface area contributed by atoms with Crippen molar-refractivity contribution in [3.8, 4) is 11.5 Å². The van der Waals surface area contributed by atoms with Gasteiger partial charge in [-0.3, -0.25) is 9.59 Å². The van der Waals surface area contributed by atoms with Crippen molar-refractivity contribution in [2.45, 2.75) is 25.4 Å². The number of carbonyl (C=O) groups excluding carboxylic acids is 3. The number of nitrogens with one attached hydrogen (secondary N) is 1. The Morgan fingerprint density at radius 3 is 2.69 bits per heavy atom. The summed E-state index contributed by atoms with van der Waals surface area (Å²) in [5.74, 6) is -1.71. The van der Waals surface area contributed by atoms with Gasteiger partial charge in [-0.1, -0.05) is 17.7 Å². The van der Waals surface area contributed by atoms with Gasteiger partial charge in [-0.05, 0) is 30.7 Å². The molecule has 0 radical (unpaired) electrons. The third kappa shape index (κ3) is 5.54. The van der Waals surface area contributed by atoms with E-state index in [1.807, 2.05) is 0 Å². The van der Waals surface area contributed by atoms with Crippen LogP contribution in [0.5, 0.6) is 11.5 Å². The second-order valence-corrected chi connectivity index (χ2v) is 7.56. The van der Waals surface area contributed by atoms with Crippen molar-refractivity contribution in [1.29, 1.82) is 0 Å². The second-order valence-electron chi connectivity index (χ2n) is 7.15. The Hall–Kier alpha value is -3.17. The van der Waals surface area contributed by atoms with E-state index in [1.54, 1.807) is 11.0 Å². The van der Waals surface area contributed by atoms with Crippen LogP contribution in [0.15, 0.2) is 36.4 Å². The minimum Gasteiger partial charge on any atom is -0.467 e. The van der Waals surface area contributed by atoms with Crippen LogP contribution in [0, 0.1) is 5.82 Å². The Labute approximate surface area is 188 Å². The number of amides is 2. The molecule has 2 aromatic rings. The van der Waals surface area contributed by atoms with Gasteiger partial charge in [0.2, 0.25) is 5.91 Å². The lowest BCUT2D eigenvalue weighted by atomic mass is 10.1. The minimum absolute atomic E-state index is 0.0131. The molecular formula is C22H22ClFN2O6. The number of benzene rings is 2. The molecule has 2 N–H and O–H groups in total. The number of esters is 1. The van der Waals surface area contributed by atoms with E-state index in [9.17, 15) is 23.9 Å². The van der Waals surface area contributed by atoms with Crippen molar-refractivity contribution in [2.75, 3.05) is 20.3 Å². The molecule has 32 heavy (non-hydrogen) atoms. The fourth-order valence-electron chi connectivity index (χ4n) is 3.23. The van der Waals surface area contributed by atoms with Crippen LogP contribution in [-0.4, -0.2) is 54.1 Å². The molecule has 0 saturated carbocycles.